The van der Waals surface area contributed by atoms with Gasteiger partial charge in [0.15, 0.2) is 0 Å². The minimum atomic E-state index is -0.221. The predicted molar refractivity (Wildman–Crippen MR) is 53.0 cm³/mol. The van der Waals surface area contributed by atoms with E-state index >= 15 is 0 Å². The van der Waals surface area contributed by atoms with Crippen LogP contribution < -0.4 is 5.73 Å². The van der Waals surface area contributed by atoms with E-state index in [9.17, 15) is 5.11 Å². The Bertz CT molecular complexity index is 176. The van der Waals surface area contributed by atoms with Gasteiger partial charge in [-0.1, -0.05) is 19.1 Å². The number of aliphatic hydroxyl groups excluding tert-OH is 1. The van der Waals surface area contributed by atoms with Crippen LogP contribution in [0.4, 0.5) is 0 Å². The molecule has 12 heavy (non-hydrogen) atoms. The fraction of sp³-hybridized carbons (Fsp3) is 0.875. The van der Waals surface area contributed by atoms with Crippen LogP contribution in [-0.2, 0) is 0 Å². The maximum Gasteiger partial charge on any atom is 0.0899 e. The van der Waals surface area contributed by atoms with Crippen molar-refractivity contribution in [1.82, 2.24) is 4.90 Å². The number of hydrogen-bond donors (Lipinski definition) is 2. The Balaban J connectivity index is 2.51. The Hall–Kier alpha value is -0.190. The lowest BCUT2D eigenvalue weighted by Crippen LogP contribution is -2.40. The zero-order chi connectivity index (χ0) is 9.30. The Morgan fingerprint density at radius 3 is 2.58 bits per heavy atom. The zero-order valence-electron chi connectivity index (χ0n) is 7.53. The molecule has 0 aromatic rings. The lowest BCUT2D eigenvalue weighted by molar-refractivity contribution is 0.147. The van der Waals surface area contributed by atoms with E-state index in [0.29, 0.717) is 17.5 Å². The molecule has 3 atom stereocenters. The molecule has 0 aromatic heterocycles. The van der Waals surface area contributed by atoms with E-state index in [1.54, 1.807) is 0 Å². The van der Waals surface area contributed by atoms with Crippen molar-refractivity contribution in [3.05, 3.63) is 0 Å². The van der Waals surface area contributed by atoms with Gasteiger partial charge in [-0.2, -0.15) is 0 Å². The number of thiocarbonyl (C=S) groups is 1. The SMILES string of the molecule is CC1CN(C(C)C(N)=S)CC1O. The highest BCUT2D eigenvalue weighted by molar-refractivity contribution is 7.80. The molecule has 70 valence electrons. The van der Waals surface area contributed by atoms with Gasteiger partial charge in [0, 0.05) is 13.1 Å². The van der Waals surface area contributed by atoms with Crippen molar-refractivity contribution in [1.29, 1.82) is 0 Å². The van der Waals surface area contributed by atoms with Gasteiger partial charge in [0.2, 0.25) is 0 Å². The summed E-state index contributed by atoms with van der Waals surface area (Å²) < 4.78 is 0. The highest BCUT2D eigenvalue weighted by Crippen LogP contribution is 2.18. The topological polar surface area (TPSA) is 49.5 Å². The van der Waals surface area contributed by atoms with Crippen molar-refractivity contribution >= 4 is 17.2 Å². The van der Waals surface area contributed by atoms with Crippen LogP contribution in [0.5, 0.6) is 0 Å². The van der Waals surface area contributed by atoms with Gasteiger partial charge in [0.1, 0.15) is 0 Å². The average molecular weight is 188 g/mol. The van der Waals surface area contributed by atoms with Gasteiger partial charge in [-0.3, -0.25) is 4.90 Å². The molecule has 4 heteroatoms. The first kappa shape index (κ1) is 9.89. The van der Waals surface area contributed by atoms with Crippen LogP contribution in [0.1, 0.15) is 13.8 Å². The van der Waals surface area contributed by atoms with Gasteiger partial charge in [-0.25, -0.2) is 0 Å². The van der Waals surface area contributed by atoms with Crippen LogP contribution in [0.3, 0.4) is 0 Å². The molecule has 3 unspecified atom stereocenters. The Morgan fingerprint density at radius 2 is 2.25 bits per heavy atom. The first-order valence-corrected chi connectivity index (χ1v) is 4.64. The predicted octanol–water partition coefficient (Wildman–Crippen LogP) is -0.0264. The van der Waals surface area contributed by atoms with Crippen molar-refractivity contribution in [3.63, 3.8) is 0 Å². The summed E-state index contributed by atoms with van der Waals surface area (Å²) in [4.78, 5) is 2.63. The van der Waals surface area contributed by atoms with Gasteiger partial charge in [-0.05, 0) is 12.8 Å². The Labute approximate surface area is 78.5 Å². The van der Waals surface area contributed by atoms with Crippen LogP contribution >= 0.6 is 12.2 Å². The highest BCUT2D eigenvalue weighted by atomic mass is 32.1. The van der Waals surface area contributed by atoms with Crippen molar-refractivity contribution in [3.8, 4) is 0 Å². The van der Waals surface area contributed by atoms with Crippen molar-refractivity contribution in [2.24, 2.45) is 11.7 Å². The molecule has 1 fully saturated rings. The second-order valence-electron chi connectivity index (χ2n) is 3.58. The molecule has 1 saturated heterocycles. The third-order valence-corrected chi connectivity index (χ3v) is 2.90. The number of nitrogens with two attached hydrogens (primary N) is 1. The van der Waals surface area contributed by atoms with Gasteiger partial charge in [-0.15, -0.1) is 0 Å². The molecule has 1 heterocycles. The molecule has 3 N–H and O–H groups in total. The molecule has 1 rings (SSSR count). The maximum atomic E-state index is 9.47. The van der Waals surface area contributed by atoms with Crippen molar-refractivity contribution < 1.29 is 5.11 Å². The molecule has 0 aromatic carbocycles. The monoisotopic (exact) mass is 188 g/mol. The largest absolute Gasteiger partial charge is 0.392 e. The third kappa shape index (κ3) is 1.94. The van der Waals surface area contributed by atoms with Gasteiger partial charge >= 0.3 is 0 Å². The van der Waals surface area contributed by atoms with Crippen LogP contribution in [0.2, 0.25) is 0 Å². The van der Waals surface area contributed by atoms with Crippen LogP contribution in [0.25, 0.3) is 0 Å². The van der Waals surface area contributed by atoms with Gasteiger partial charge in [0.25, 0.3) is 0 Å². The molecule has 0 amide bonds. The van der Waals surface area contributed by atoms with Gasteiger partial charge < -0.3 is 10.8 Å². The fourth-order valence-corrected chi connectivity index (χ4v) is 1.63. The number of β-amino-alcohol motifs (C(OH)–C–C–N with tert-alkyl or cyclic N) is 1. The second-order valence-corrected chi connectivity index (χ2v) is 4.05. The summed E-state index contributed by atoms with van der Waals surface area (Å²) in [7, 11) is 0. The molecule has 0 aliphatic carbocycles. The van der Waals surface area contributed by atoms with E-state index in [4.69, 9.17) is 18.0 Å². The molecular weight excluding hydrogens is 172 g/mol. The smallest absolute Gasteiger partial charge is 0.0899 e. The Morgan fingerprint density at radius 1 is 1.67 bits per heavy atom. The van der Waals surface area contributed by atoms with E-state index in [1.807, 2.05) is 13.8 Å². The quantitative estimate of drug-likeness (QED) is 0.598. The van der Waals surface area contributed by atoms with Gasteiger partial charge in [0.05, 0.1) is 17.1 Å². The number of likely N-dealkylation sites (tertiary alicyclic amines) is 1. The molecular formula is C8H16N2OS. The van der Waals surface area contributed by atoms with E-state index in [0.717, 1.165) is 6.54 Å². The normalized spacial score (nSPS) is 33.6. The number of rotatable bonds is 2. The summed E-state index contributed by atoms with van der Waals surface area (Å²) in [6.45, 7) is 5.60. The highest BCUT2D eigenvalue weighted by Gasteiger charge is 2.31. The number of hydrogen-bond acceptors (Lipinski definition) is 3. The van der Waals surface area contributed by atoms with Crippen LogP contribution in [0, 0.1) is 5.92 Å². The summed E-state index contributed by atoms with van der Waals surface area (Å²) in [6, 6.07) is 0.111. The Kier molecular flexibility index (Phi) is 3.04. The molecule has 0 radical (unpaired) electrons. The molecule has 0 bridgehead atoms. The first-order valence-electron chi connectivity index (χ1n) is 4.23. The fourth-order valence-electron chi connectivity index (χ4n) is 1.48. The molecule has 3 nitrogen and oxygen atoms in total. The first-order chi connectivity index (χ1) is 5.52. The summed E-state index contributed by atoms with van der Waals surface area (Å²) >= 11 is 4.89. The van der Waals surface area contributed by atoms with Crippen LogP contribution in [-0.4, -0.2) is 40.2 Å². The molecule has 0 saturated carbocycles. The lowest BCUT2D eigenvalue weighted by Gasteiger charge is -2.22. The summed E-state index contributed by atoms with van der Waals surface area (Å²) in [5.74, 6) is 0.335. The van der Waals surface area contributed by atoms with Crippen molar-refractivity contribution in [2.45, 2.75) is 26.0 Å². The summed E-state index contributed by atoms with van der Waals surface area (Å²) in [5, 5.41) is 9.47. The van der Waals surface area contributed by atoms with E-state index in [2.05, 4.69) is 4.90 Å². The molecule has 0 spiro atoms. The third-order valence-electron chi connectivity index (χ3n) is 2.56. The lowest BCUT2D eigenvalue weighted by atomic mass is 10.1. The number of aliphatic hydroxyl groups is 1. The average Bonchev–Trinajstić information content (AvgIpc) is 2.30. The summed E-state index contributed by atoms with van der Waals surface area (Å²) in [6.07, 6.45) is -0.221. The van der Waals surface area contributed by atoms with E-state index < -0.39 is 0 Å². The standard InChI is InChI=1S/C8H16N2OS/c1-5-3-10(4-7(5)11)6(2)8(9)12/h5-7,11H,3-4H2,1-2H3,(H2,9,12). The minimum absolute atomic E-state index is 0.111. The van der Waals surface area contributed by atoms with Crippen LogP contribution in [0.15, 0.2) is 0 Å². The van der Waals surface area contributed by atoms with E-state index in [-0.39, 0.29) is 12.1 Å². The molecule has 1 aliphatic heterocycles. The van der Waals surface area contributed by atoms with E-state index in [1.165, 1.54) is 0 Å². The molecule has 1 aliphatic rings. The number of nitrogens with zero attached hydrogens (tertiary/aromatic N) is 1. The van der Waals surface area contributed by atoms with Crippen molar-refractivity contribution in [2.75, 3.05) is 13.1 Å². The zero-order valence-corrected chi connectivity index (χ0v) is 8.34. The minimum Gasteiger partial charge on any atom is -0.392 e. The summed E-state index contributed by atoms with van der Waals surface area (Å²) in [5.41, 5.74) is 5.51. The second kappa shape index (κ2) is 3.68. The maximum absolute atomic E-state index is 9.47.